The molecule has 1 saturated heterocycles. The summed E-state index contributed by atoms with van der Waals surface area (Å²) in [5, 5.41) is 2.86. The number of amidine groups is 1. The summed E-state index contributed by atoms with van der Waals surface area (Å²) in [6, 6.07) is 5.92. The van der Waals surface area contributed by atoms with Gasteiger partial charge in [0.1, 0.15) is 5.75 Å². The van der Waals surface area contributed by atoms with Gasteiger partial charge in [0.15, 0.2) is 10.4 Å². The van der Waals surface area contributed by atoms with Crippen LogP contribution in [0.2, 0.25) is 0 Å². The van der Waals surface area contributed by atoms with Crippen LogP contribution in [0.15, 0.2) is 29.3 Å². The van der Waals surface area contributed by atoms with Gasteiger partial charge in [0.05, 0.1) is 12.8 Å². The maximum absolute atomic E-state index is 11.5. The van der Waals surface area contributed by atoms with E-state index in [0.717, 1.165) is 11.8 Å². The number of methoxy groups -OCH3 is 1. The normalized spacial score (nSPS) is 16.4. The lowest BCUT2D eigenvalue weighted by Gasteiger charge is -2.19. The van der Waals surface area contributed by atoms with E-state index < -0.39 is 23.1 Å². The van der Waals surface area contributed by atoms with E-state index in [0.29, 0.717) is 11.4 Å². The smallest absolute Gasteiger partial charge is 0.328 e. The van der Waals surface area contributed by atoms with Gasteiger partial charge in [-0.1, -0.05) is 11.8 Å². The number of hydrogen-bond donors (Lipinski definition) is 3. The number of nitrogens with two attached hydrogens (primary N) is 1. The maximum Gasteiger partial charge on any atom is 0.328 e. The van der Waals surface area contributed by atoms with Crippen LogP contribution >= 0.6 is 11.8 Å². The number of aliphatic imine (C=N–C) groups is 1. The van der Waals surface area contributed by atoms with E-state index in [1.165, 1.54) is 0 Å². The number of imide groups is 2. The molecule has 8 nitrogen and oxygen atoms in total. The summed E-state index contributed by atoms with van der Waals surface area (Å²) in [7, 11) is 1.55. The minimum Gasteiger partial charge on any atom is -0.497 e. The Hall–Kier alpha value is -2.55. The Morgan fingerprint density at radius 2 is 1.76 bits per heavy atom. The fourth-order valence-corrected chi connectivity index (χ4v) is 2.27. The van der Waals surface area contributed by atoms with Gasteiger partial charge >= 0.3 is 6.03 Å². The highest BCUT2D eigenvalue weighted by molar-refractivity contribution is 8.15. The number of barbiturate groups is 1. The van der Waals surface area contributed by atoms with Crippen LogP contribution in [-0.2, 0) is 9.59 Å². The fourth-order valence-electron chi connectivity index (χ4n) is 1.54. The number of amides is 4. The zero-order valence-electron chi connectivity index (χ0n) is 11.0. The molecule has 0 spiro atoms. The van der Waals surface area contributed by atoms with E-state index in [4.69, 9.17) is 10.5 Å². The van der Waals surface area contributed by atoms with Crippen LogP contribution in [0.25, 0.3) is 0 Å². The number of ether oxygens (including phenoxy) is 1. The summed E-state index contributed by atoms with van der Waals surface area (Å²) in [6.45, 7) is 0. The average Bonchev–Trinajstić information content (AvgIpc) is 2.43. The Morgan fingerprint density at radius 1 is 1.19 bits per heavy atom. The number of urea groups is 1. The van der Waals surface area contributed by atoms with E-state index in [1.807, 2.05) is 10.6 Å². The molecule has 1 fully saturated rings. The van der Waals surface area contributed by atoms with Crippen LogP contribution in [0.3, 0.4) is 0 Å². The second kappa shape index (κ2) is 6.27. The Morgan fingerprint density at radius 3 is 2.29 bits per heavy atom. The number of carbonyl (C=O) groups excluding carboxylic acids is 3. The summed E-state index contributed by atoms with van der Waals surface area (Å²) in [6.07, 6.45) is 0. The maximum atomic E-state index is 11.5. The lowest BCUT2D eigenvalue weighted by molar-refractivity contribution is -0.128. The first-order valence-electron chi connectivity index (χ1n) is 5.80. The fraction of sp³-hybridized carbons (Fsp3) is 0.167. The molecule has 1 heterocycles. The van der Waals surface area contributed by atoms with Crippen molar-refractivity contribution in [3.63, 3.8) is 0 Å². The summed E-state index contributed by atoms with van der Waals surface area (Å²) in [4.78, 5) is 38.1. The molecule has 4 N–H and O–H groups in total. The quantitative estimate of drug-likeness (QED) is 0.414. The van der Waals surface area contributed by atoms with Gasteiger partial charge in [-0.05, 0) is 24.3 Å². The number of benzene rings is 1. The van der Waals surface area contributed by atoms with Gasteiger partial charge in [0.2, 0.25) is 0 Å². The van der Waals surface area contributed by atoms with Gasteiger partial charge in [0, 0.05) is 0 Å². The number of nitrogens with zero attached hydrogens (tertiary/aromatic N) is 1. The number of carbonyl (C=O) groups is 3. The molecule has 2 rings (SSSR count). The van der Waals surface area contributed by atoms with E-state index in [9.17, 15) is 14.4 Å². The van der Waals surface area contributed by atoms with Crippen LogP contribution in [0, 0.1) is 0 Å². The summed E-state index contributed by atoms with van der Waals surface area (Å²) < 4.78 is 5.01. The van der Waals surface area contributed by atoms with Crippen molar-refractivity contribution in [3.05, 3.63) is 24.3 Å². The SMILES string of the molecule is COc1ccc(N=C(N)SC2C(=O)NC(=O)NC2=O)cc1. The predicted octanol–water partition coefficient (Wildman–Crippen LogP) is 0.109. The largest absolute Gasteiger partial charge is 0.497 e. The molecule has 0 atom stereocenters. The van der Waals surface area contributed by atoms with Crippen molar-refractivity contribution in [3.8, 4) is 5.75 Å². The van der Waals surface area contributed by atoms with Crippen molar-refractivity contribution in [2.45, 2.75) is 5.25 Å². The first-order valence-corrected chi connectivity index (χ1v) is 6.68. The highest BCUT2D eigenvalue weighted by Crippen LogP contribution is 2.21. The number of rotatable bonds is 3. The summed E-state index contributed by atoms with van der Waals surface area (Å²) in [5.41, 5.74) is 6.25. The van der Waals surface area contributed by atoms with Crippen molar-refractivity contribution in [1.82, 2.24) is 10.6 Å². The highest BCUT2D eigenvalue weighted by Gasteiger charge is 2.35. The Kier molecular flexibility index (Phi) is 4.43. The zero-order chi connectivity index (χ0) is 15.4. The molecular formula is C12H12N4O4S. The van der Waals surface area contributed by atoms with Crippen molar-refractivity contribution in [1.29, 1.82) is 0 Å². The molecule has 1 aromatic carbocycles. The van der Waals surface area contributed by atoms with Gasteiger partial charge < -0.3 is 10.5 Å². The Labute approximate surface area is 124 Å². The van der Waals surface area contributed by atoms with Gasteiger partial charge in [0.25, 0.3) is 11.8 Å². The van der Waals surface area contributed by atoms with Gasteiger partial charge in [-0.25, -0.2) is 9.79 Å². The molecule has 1 aliphatic rings. The zero-order valence-corrected chi connectivity index (χ0v) is 11.8. The molecule has 9 heteroatoms. The van der Waals surface area contributed by atoms with Crippen LogP contribution in [0.4, 0.5) is 10.5 Å². The van der Waals surface area contributed by atoms with E-state index in [-0.39, 0.29) is 5.17 Å². The molecule has 0 radical (unpaired) electrons. The number of nitrogens with one attached hydrogen (secondary N) is 2. The van der Waals surface area contributed by atoms with E-state index in [2.05, 4.69) is 4.99 Å². The van der Waals surface area contributed by atoms with Gasteiger partial charge in [-0.3, -0.25) is 20.2 Å². The van der Waals surface area contributed by atoms with Crippen molar-refractivity contribution in [2.24, 2.45) is 10.7 Å². The molecule has 0 unspecified atom stereocenters. The predicted molar refractivity (Wildman–Crippen MR) is 77.3 cm³/mol. The lowest BCUT2D eigenvalue weighted by Crippen LogP contribution is -2.57. The van der Waals surface area contributed by atoms with Crippen LogP contribution in [0.1, 0.15) is 0 Å². The molecular weight excluding hydrogens is 296 g/mol. The third kappa shape index (κ3) is 3.72. The van der Waals surface area contributed by atoms with Crippen LogP contribution in [0.5, 0.6) is 5.75 Å². The second-order valence-corrected chi connectivity index (χ2v) is 5.08. The molecule has 4 amide bonds. The Bertz CT molecular complexity index is 594. The minimum atomic E-state index is -1.15. The number of thioether (sulfide) groups is 1. The molecule has 0 saturated carbocycles. The standard InChI is InChI=1S/C12H12N4O4S/c1-20-7-4-2-6(3-5-7)14-11(13)21-8-9(17)15-12(19)16-10(8)18/h2-5,8H,1H3,(H2,13,14)(H2,15,16,17,18,19). The molecule has 1 aliphatic heterocycles. The topological polar surface area (TPSA) is 123 Å². The van der Waals surface area contributed by atoms with E-state index >= 15 is 0 Å². The lowest BCUT2D eigenvalue weighted by atomic mass is 10.3. The third-order valence-electron chi connectivity index (χ3n) is 2.50. The second-order valence-electron chi connectivity index (χ2n) is 3.95. The third-order valence-corrected chi connectivity index (χ3v) is 3.50. The number of hydrogen-bond acceptors (Lipinski definition) is 6. The molecule has 0 aliphatic carbocycles. The highest BCUT2D eigenvalue weighted by atomic mass is 32.2. The van der Waals surface area contributed by atoms with Crippen molar-refractivity contribution < 1.29 is 19.1 Å². The van der Waals surface area contributed by atoms with Gasteiger partial charge in [-0.15, -0.1) is 0 Å². The molecule has 0 aromatic heterocycles. The van der Waals surface area contributed by atoms with E-state index in [1.54, 1.807) is 31.4 Å². The minimum absolute atomic E-state index is 0.0322. The van der Waals surface area contributed by atoms with Crippen molar-refractivity contribution >= 4 is 40.5 Å². The molecule has 110 valence electrons. The molecule has 0 bridgehead atoms. The Balaban J connectivity index is 2.07. The van der Waals surface area contributed by atoms with Crippen LogP contribution in [-0.4, -0.2) is 35.4 Å². The first kappa shape index (κ1) is 14.9. The first-order chi connectivity index (χ1) is 9.99. The van der Waals surface area contributed by atoms with Gasteiger partial charge in [-0.2, -0.15) is 0 Å². The van der Waals surface area contributed by atoms with Crippen LogP contribution < -0.4 is 21.1 Å². The van der Waals surface area contributed by atoms with Crippen molar-refractivity contribution in [2.75, 3.05) is 7.11 Å². The molecule has 1 aromatic rings. The average molecular weight is 308 g/mol. The monoisotopic (exact) mass is 308 g/mol. The molecule has 21 heavy (non-hydrogen) atoms. The summed E-state index contributed by atoms with van der Waals surface area (Å²) >= 11 is 0.764. The summed E-state index contributed by atoms with van der Waals surface area (Å²) in [5.74, 6) is -0.770.